The Morgan fingerprint density at radius 2 is 1.82 bits per heavy atom. The van der Waals surface area contributed by atoms with E-state index >= 15 is 0 Å². The molecule has 0 saturated carbocycles. The van der Waals surface area contributed by atoms with Gasteiger partial charge in [0, 0.05) is 10.5 Å². The molecule has 0 heterocycles. The lowest BCUT2D eigenvalue weighted by Crippen LogP contribution is -2.11. The predicted octanol–water partition coefficient (Wildman–Crippen LogP) is 2.73. The maximum atomic E-state index is 3.40. The van der Waals surface area contributed by atoms with Crippen molar-refractivity contribution in [3.8, 4) is 0 Å². The molecule has 0 aromatic heterocycles. The van der Waals surface area contributed by atoms with Crippen molar-refractivity contribution in [1.29, 1.82) is 0 Å². The summed E-state index contributed by atoms with van der Waals surface area (Å²) in [6, 6.07) is 8.78. The van der Waals surface area contributed by atoms with Crippen LogP contribution in [-0.4, -0.2) is 7.05 Å². The van der Waals surface area contributed by atoms with Crippen LogP contribution in [0.2, 0.25) is 0 Å². The van der Waals surface area contributed by atoms with Crippen LogP contribution >= 0.6 is 15.9 Å². The summed E-state index contributed by atoms with van der Waals surface area (Å²) in [7, 11) is 1.96. The van der Waals surface area contributed by atoms with Gasteiger partial charge in [0.25, 0.3) is 0 Å². The summed E-state index contributed by atoms with van der Waals surface area (Å²) in [6.07, 6.45) is 0. The van der Waals surface area contributed by atoms with Gasteiger partial charge >= 0.3 is 0 Å². The maximum Gasteiger partial charge on any atom is 0.0289 e. The van der Waals surface area contributed by atoms with Crippen LogP contribution < -0.4 is 5.32 Å². The lowest BCUT2D eigenvalue weighted by molar-refractivity contribution is 0.652. The summed E-state index contributed by atoms with van der Waals surface area (Å²) < 4.78 is 1.13. The quantitative estimate of drug-likeness (QED) is 0.798. The van der Waals surface area contributed by atoms with Gasteiger partial charge in [-0.25, -0.2) is 0 Å². The minimum Gasteiger partial charge on any atom is -0.313 e. The Morgan fingerprint density at radius 1 is 1.27 bits per heavy atom. The predicted molar refractivity (Wildman–Crippen MR) is 51.6 cm³/mol. The van der Waals surface area contributed by atoms with Gasteiger partial charge in [-0.3, -0.25) is 0 Å². The maximum absolute atomic E-state index is 3.40. The van der Waals surface area contributed by atoms with Crippen molar-refractivity contribution in [2.45, 2.75) is 13.0 Å². The van der Waals surface area contributed by atoms with Gasteiger partial charge in [0.1, 0.15) is 0 Å². The van der Waals surface area contributed by atoms with Gasteiger partial charge in [0.05, 0.1) is 0 Å². The number of hydrogen-bond acceptors (Lipinski definition) is 1. The standard InChI is InChI=1S/C9H12BrN/c1-7(11-2)8-3-5-9(10)6-4-8/h3-7,11H,1-2H3/t7-/m1/s1. The molecule has 0 saturated heterocycles. The molecule has 1 rings (SSSR count). The first-order valence-corrected chi connectivity index (χ1v) is 4.46. The van der Waals surface area contributed by atoms with Gasteiger partial charge in [-0.15, -0.1) is 0 Å². The molecule has 1 atom stereocenters. The minimum absolute atomic E-state index is 0.433. The summed E-state index contributed by atoms with van der Waals surface area (Å²) in [5, 5.41) is 3.19. The molecule has 1 nitrogen and oxygen atoms in total. The number of halogens is 1. The first-order valence-electron chi connectivity index (χ1n) is 3.67. The van der Waals surface area contributed by atoms with Crippen molar-refractivity contribution in [3.05, 3.63) is 34.3 Å². The molecule has 60 valence electrons. The van der Waals surface area contributed by atoms with Crippen LogP contribution in [-0.2, 0) is 0 Å². The van der Waals surface area contributed by atoms with Crippen LogP contribution in [0.25, 0.3) is 0 Å². The topological polar surface area (TPSA) is 12.0 Å². The van der Waals surface area contributed by atoms with Crippen molar-refractivity contribution < 1.29 is 0 Å². The fourth-order valence-electron chi connectivity index (χ4n) is 0.918. The van der Waals surface area contributed by atoms with E-state index in [0.717, 1.165) is 4.47 Å². The van der Waals surface area contributed by atoms with Crippen molar-refractivity contribution in [2.24, 2.45) is 0 Å². The molecule has 0 spiro atoms. The fourth-order valence-corrected chi connectivity index (χ4v) is 1.18. The number of hydrogen-bond donors (Lipinski definition) is 1. The third-order valence-electron chi connectivity index (χ3n) is 1.80. The molecule has 1 aromatic rings. The largest absolute Gasteiger partial charge is 0.313 e. The molecular weight excluding hydrogens is 202 g/mol. The molecule has 0 amide bonds. The number of benzene rings is 1. The second-order valence-corrected chi connectivity index (χ2v) is 3.48. The van der Waals surface area contributed by atoms with Crippen LogP contribution in [0.4, 0.5) is 0 Å². The van der Waals surface area contributed by atoms with Gasteiger partial charge in [-0.1, -0.05) is 28.1 Å². The van der Waals surface area contributed by atoms with Gasteiger partial charge in [0.15, 0.2) is 0 Å². The van der Waals surface area contributed by atoms with E-state index in [1.807, 2.05) is 7.05 Å². The Balaban J connectivity index is 2.81. The molecule has 0 aliphatic rings. The van der Waals surface area contributed by atoms with E-state index in [-0.39, 0.29) is 0 Å². The molecule has 1 aromatic carbocycles. The lowest BCUT2D eigenvalue weighted by Gasteiger charge is -2.09. The highest BCUT2D eigenvalue weighted by Crippen LogP contribution is 2.15. The second-order valence-electron chi connectivity index (χ2n) is 2.56. The van der Waals surface area contributed by atoms with Crippen molar-refractivity contribution in [2.75, 3.05) is 7.05 Å². The molecule has 0 bridgehead atoms. The Hall–Kier alpha value is -0.340. The van der Waals surface area contributed by atoms with Gasteiger partial charge in [-0.2, -0.15) is 0 Å². The normalized spacial score (nSPS) is 13.0. The summed E-state index contributed by atoms with van der Waals surface area (Å²) >= 11 is 3.40. The van der Waals surface area contributed by atoms with Gasteiger partial charge in [0.2, 0.25) is 0 Å². The van der Waals surface area contributed by atoms with Crippen LogP contribution in [0.1, 0.15) is 18.5 Å². The summed E-state index contributed by atoms with van der Waals surface area (Å²) in [6.45, 7) is 2.14. The molecule has 0 aliphatic heterocycles. The Labute approximate surface area is 75.9 Å². The van der Waals surface area contributed by atoms with E-state index in [1.165, 1.54) is 5.56 Å². The summed E-state index contributed by atoms with van der Waals surface area (Å²) in [4.78, 5) is 0. The lowest BCUT2D eigenvalue weighted by atomic mass is 10.1. The first kappa shape index (κ1) is 8.75. The molecule has 0 fully saturated rings. The monoisotopic (exact) mass is 213 g/mol. The van der Waals surface area contributed by atoms with E-state index < -0.39 is 0 Å². The number of rotatable bonds is 2. The highest BCUT2D eigenvalue weighted by molar-refractivity contribution is 9.10. The average molecular weight is 214 g/mol. The van der Waals surface area contributed by atoms with E-state index in [4.69, 9.17) is 0 Å². The van der Waals surface area contributed by atoms with Crippen LogP contribution in [0.3, 0.4) is 0 Å². The van der Waals surface area contributed by atoms with Crippen LogP contribution in [0.15, 0.2) is 28.7 Å². The second kappa shape index (κ2) is 3.88. The van der Waals surface area contributed by atoms with Crippen molar-refractivity contribution in [1.82, 2.24) is 5.32 Å². The molecular formula is C9H12BrN. The van der Waals surface area contributed by atoms with Crippen LogP contribution in [0, 0.1) is 0 Å². The summed E-state index contributed by atoms with van der Waals surface area (Å²) in [5.41, 5.74) is 1.32. The zero-order valence-electron chi connectivity index (χ0n) is 6.76. The average Bonchev–Trinajstić information content (AvgIpc) is 2.05. The smallest absolute Gasteiger partial charge is 0.0289 e. The van der Waals surface area contributed by atoms with Crippen LogP contribution in [0.5, 0.6) is 0 Å². The first-order chi connectivity index (χ1) is 5.24. The molecule has 0 unspecified atom stereocenters. The third-order valence-corrected chi connectivity index (χ3v) is 2.33. The molecule has 11 heavy (non-hydrogen) atoms. The zero-order valence-corrected chi connectivity index (χ0v) is 8.35. The third kappa shape index (κ3) is 2.31. The summed E-state index contributed by atoms with van der Waals surface area (Å²) in [5.74, 6) is 0. The van der Waals surface area contributed by atoms with E-state index in [0.29, 0.717) is 6.04 Å². The van der Waals surface area contributed by atoms with E-state index in [9.17, 15) is 0 Å². The SMILES string of the molecule is CN[C@H](C)c1ccc(Br)cc1. The van der Waals surface area contributed by atoms with Gasteiger partial charge < -0.3 is 5.32 Å². The van der Waals surface area contributed by atoms with E-state index in [2.05, 4.69) is 52.4 Å². The Bertz CT molecular complexity index is 218. The molecule has 2 heteroatoms. The van der Waals surface area contributed by atoms with Crippen molar-refractivity contribution in [3.63, 3.8) is 0 Å². The fraction of sp³-hybridized carbons (Fsp3) is 0.333. The highest BCUT2D eigenvalue weighted by atomic mass is 79.9. The zero-order chi connectivity index (χ0) is 8.27. The molecule has 1 N–H and O–H groups in total. The molecule has 0 radical (unpaired) electrons. The number of nitrogens with one attached hydrogen (secondary N) is 1. The Kier molecular flexibility index (Phi) is 3.09. The highest BCUT2D eigenvalue weighted by Gasteiger charge is 1.99. The minimum atomic E-state index is 0.433. The van der Waals surface area contributed by atoms with Gasteiger partial charge in [-0.05, 0) is 31.7 Å². The van der Waals surface area contributed by atoms with E-state index in [1.54, 1.807) is 0 Å². The molecule has 0 aliphatic carbocycles. The van der Waals surface area contributed by atoms with Crippen molar-refractivity contribution >= 4 is 15.9 Å². The Morgan fingerprint density at radius 3 is 2.27 bits per heavy atom.